The van der Waals surface area contributed by atoms with Gasteiger partial charge in [0.2, 0.25) is 0 Å². The lowest BCUT2D eigenvalue weighted by Crippen LogP contribution is -2.49. The molecule has 1 aromatic rings. The van der Waals surface area contributed by atoms with Crippen molar-refractivity contribution in [3.63, 3.8) is 0 Å². The third-order valence-corrected chi connectivity index (χ3v) is 5.07. The number of anilines is 1. The van der Waals surface area contributed by atoms with Gasteiger partial charge in [-0.25, -0.2) is 8.42 Å². The lowest BCUT2D eigenvalue weighted by Gasteiger charge is -2.37. The van der Waals surface area contributed by atoms with Crippen molar-refractivity contribution in [3.8, 4) is 0 Å². The largest absolute Gasteiger partial charge is 0.363 e. The molecule has 1 fully saturated rings. The third-order valence-electron chi connectivity index (χ3n) is 3.94. The molecule has 8 heteroatoms. The molecule has 122 valence electrons. The van der Waals surface area contributed by atoms with Gasteiger partial charge >= 0.3 is 5.69 Å². The van der Waals surface area contributed by atoms with Gasteiger partial charge in [-0.05, 0) is 26.0 Å². The van der Waals surface area contributed by atoms with Crippen molar-refractivity contribution in [1.29, 1.82) is 0 Å². The molecule has 0 aromatic heterocycles. The van der Waals surface area contributed by atoms with Gasteiger partial charge in [-0.1, -0.05) is 6.07 Å². The van der Waals surface area contributed by atoms with Crippen LogP contribution < -0.4 is 4.90 Å². The summed E-state index contributed by atoms with van der Waals surface area (Å²) in [4.78, 5) is 14.8. The maximum atomic E-state index is 11.8. The zero-order valence-electron chi connectivity index (χ0n) is 13.0. The Morgan fingerprint density at radius 3 is 2.23 bits per heavy atom. The van der Waals surface area contributed by atoms with Gasteiger partial charge < -0.3 is 4.90 Å². The van der Waals surface area contributed by atoms with Crippen molar-refractivity contribution >= 4 is 21.2 Å². The van der Waals surface area contributed by atoms with E-state index < -0.39 is 14.8 Å². The molecule has 7 nitrogen and oxygen atoms in total. The molecule has 0 spiro atoms. The maximum absolute atomic E-state index is 11.8. The number of hydrogen-bond donors (Lipinski definition) is 0. The molecule has 1 aromatic carbocycles. The van der Waals surface area contributed by atoms with E-state index in [9.17, 15) is 18.5 Å². The number of nitrogens with zero attached hydrogens (tertiary/aromatic N) is 3. The van der Waals surface area contributed by atoms with E-state index in [4.69, 9.17) is 0 Å². The smallest absolute Gasteiger partial charge is 0.311 e. The van der Waals surface area contributed by atoms with Crippen LogP contribution in [-0.4, -0.2) is 56.7 Å². The molecule has 0 radical (unpaired) electrons. The Kier molecular flexibility index (Phi) is 4.72. The van der Waals surface area contributed by atoms with Crippen LogP contribution >= 0.6 is 0 Å². The van der Waals surface area contributed by atoms with E-state index in [1.165, 1.54) is 6.07 Å². The van der Waals surface area contributed by atoms with Gasteiger partial charge in [-0.3, -0.25) is 15.0 Å². The summed E-state index contributed by atoms with van der Waals surface area (Å²) in [6, 6.07) is 4.91. The van der Waals surface area contributed by atoms with Crippen molar-refractivity contribution in [2.24, 2.45) is 0 Å². The molecule has 1 saturated heterocycles. The summed E-state index contributed by atoms with van der Waals surface area (Å²) in [5.74, 6) is 0. The normalized spacial score (nSPS) is 17.0. The zero-order chi connectivity index (χ0) is 16.5. The number of nitro benzene ring substituents is 1. The lowest BCUT2D eigenvalue weighted by atomic mass is 10.2. The Balaban J connectivity index is 2.39. The molecule has 1 aliphatic rings. The summed E-state index contributed by atoms with van der Waals surface area (Å²) in [6.07, 6.45) is 0.996. The predicted molar refractivity (Wildman–Crippen MR) is 85.1 cm³/mol. The predicted octanol–water partition coefficient (Wildman–Crippen LogP) is 1.53. The van der Waals surface area contributed by atoms with E-state index in [0.717, 1.165) is 19.3 Å². The molecule has 2 rings (SSSR count). The SMILES string of the molecule is CC(C)N1CCN(c2cccc(S(C)(=O)=O)c2[N+](=O)[O-])CC1. The zero-order valence-corrected chi connectivity index (χ0v) is 13.8. The third kappa shape index (κ3) is 3.38. The molecule has 0 saturated carbocycles. The number of sulfone groups is 1. The molecule has 0 aliphatic carbocycles. The topological polar surface area (TPSA) is 83.8 Å². The summed E-state index contributed by atoms with van der Waals surface area (Å²) in [5.41, 5.74) is 0.0688. The molecular weight excluding hydrogens is 306 g/mol. The number of nitro groups is 1. The average molecular weight is 327 g/mol. The Labute approximate surface area is 130 Å². The summed E-state index contributed by atoms with van der Waals surface area (Å²) in [5, 5.41) is 11.4. The van der Waals surface area contributed by atoms with Gasteiger partial charge in [-0.2, -0.15) is 0 Å². The average Bonchev–Trinajstić information content (AvgIpc) is 2.45. The van der Waals surface area contributed by atoms with Crippen LogP contribution in [0.1, 0.15) is 13.8 Å². The van der Waals surface area contributed by atoms with Crippen LogP contribution in [-0.2, 0) is 9.84 Å². The molecule has 0 atom stereocenters. The Morgan fingerprint density at radius 1 is 1.18 bits per heavy atom. The summed E-state index contributed by atoms with van der Waals surface area (Å²) in [6.45, 7) is 7.12. The van der Waals surface area contributed by atoms with Crippen LogP contribution in [0, 0.1) is 10.1 Å². The van der Waals surface area contributed by atoms with E-state index >= 15 is 0 Å². The molecule has 22 heavy (non-hydrogen) atoms. The lowest BCUT2D eigenvalue weighted by molar-refractivity contribution is -0.387. The first kappa shape index (κ1) is 16.7. The standard InChI is InChI=1S/C14H21N3O4S/c1-11(2)15-7-9-16(10-8-15)12-5-4-6-13(22(3,20)21)14(12)17(18)19/h4-6,11H,7-10H2,1-3H3. The number of para-hydroxylation sites is 1. The quantitative estimate of drug-likeness (QED) is 0.616. The molecule has 0 bridgehead atoms. The summed E-state index contributed by atoms with van der Waals surface area (Å²) < 4.78 is 23.6. The highest BCUT2D eigenvalue weighted by Crippen LogP contribution is 2.35. The van der Waals surface area contributed by atoms with Crippen LogP contribution in [0.2, 0.25) is 0 Å². The first-order valence-electron chi connectivity index (χ1n) is 7.18. The number of piperazine rings is 1. The summed E-state index contributed by atoms with van der Waals surface area (Å²) >= 11 is 0. The summed E-state index contributed by atoms with van der Waals surface area (Å²) in [7, 11) is -3.64. The van der Waals surface area contributed by atoms with E-state index in [1.54, 1.807) is 12.1 Å². The molecule has 0 unspecified atom stereocenters. The van der Waals surface area contributed by atoms with E-state index in [2.05, 4.69) is 18.7 Å². The van der Waals surface area contributed by atoms with Gasteiger partial charge in [-0.15, -0.1) is 0 Å². The molecule has 0 amide bonds. The molecule has 0 N–H and O–H groups in total. The van der Waals surface area contributed by atoms with E-state index in [0.29, 0.717) is 24.8 Å². The minimum Gasteiger partial charge on any atom is -0.363 e. The second-order valence-corrected chi connectivity index (χ2v) is 7.75. The van der Waals surface area contributed by atoms with Gasteiger partial charge in [0.15, 0.2) is 9.84 Å². The van der Waals surface area contributed by atoms with Gasteiger partial charge in [0.1, 0.15) is 10.6 Å². The molecule has 1 heterocycles. The van der Waals surface area contributed by atoms with Gasteiger partial charge in [0.05, 0.1) is 4.92 Å². The van der Waals surface area contributed by atoms with Crippen LogP contribution in [0.4, 0.5) is 11.4 Å². The highest BCUT2D eigenvalue weighted by atomic mass is 32.2. The fourth-order valence-electron chi connectivity index (χ4n) is 2.73. The van der Waals surface area contributed by atoms with Crippen molar-refractivity contribution in [2.75, 3.05) is 37.3 Å². The first-order chi connectivity index (χ1) is 10.2. The monoisotopic (exact) mass is 327 g/mol. The van der Waals surface area contributed by atoms with Crippen LogP contribution in [0.5, 0.6) is 0 Å². The fourth-order valence-corrected chi connectivity index (χ4v) is 3.58. The number of hydrogen-bond acceptors (Lipinski definition) is 6. The second-order valence-electron chi connectivity index (χ2n) is 5.77. The van der Waals surface area contributed by atoms with Crippen molar-refractivity contribution in [2.45, 2.75) is 24.8 Å². The van der Waals surface area contributed by atoms with E-state index in [-0.39, 0.29) is 10.6 Å². The number of benzene rings is 1. The fraction of sp³-hybridized carbons (Fsp3) is 0.571. The van der Waals surface area contributed by atoms with Crippen LogP contribution in [0.3, 0.4) is 0 Å². The van der Waals surface area contributed by atoms with Crippen molar-refractivity contribution < 1.29 is 13.3 Å². The Morgan fingerprint density at radius 2 is 1.77 bits per heavy atom. The number of rotatable bonds is 4. The molecular formula is C14H21N3O4S. The van der Waals surface area contributed by atoms with Crippen LogP contribution in [0.15, 0.2) is 23.1 Å². The van der Waals surface area contributed by atoms with Crippen molar-refractivity contribution in [3.05, 3.63) is 28.3 Å². The minimum absolute atomic E-state index is 0.221. The Bertz CT molecular complexity index is 665. The first-order valence-corrected chi connectivity index (χ1v) is 9.07. The highest BCUT2D eigenvalue weighted by molar-refractivity contribution is 7.90. The molecule has 1 aliphatic heterocycles. The van der Waals surface area contributed by atoms with E-state index in [1.807, 2.05) is 4.90 Å². The van der Waals surface area contributed by atoms with Gasteiger partial charge in [0.25, 0.3) is 0 Å². The Hall–Kier alpha value is -1.67. The maximum Gasteiger partial charge on any atom is 0.311 e. The van der Waals surface area contributed by atoms with Crippen molar-refractivity contribution in [1.82, 2.24) is 4.90 Å². The van der Waals surface area contributed by atoms with Gasteiger partial charge in [0, 0.05) is 38.5 Å². The second kappa shape index (κ2) is 6.21. The minimum atomic E-state index is -3.64. The highest BCUT2D eigenvalue weighted by Gasteiger charge is 2.30. The van der Waals surface area contributed by atoms with Crippen LogP contribution in [0.25, 0.3) is 0 Å².